The Hall–Kier alpha value is -1.81. The number of carbonyl (C=O) groups excluding carboxylic acids is 1. The van der Waals surface area contributed by atoms with E-state index in [1.165, 1.54) is 0 Å². The van der Waals surface area contributed by atoms with Crippen LogP contribution in [0.4, 0.5) is 8.78 Å². The molecule has 0 fully saturated rings. The van der Waals surface area contributed by atoms with Crippen molar-refractivity contribution >= 4 is 53.4 Å². The molecule has 0 aliphatic heterocycles. The Kier molecular flexibility index (Phi) is 7.90. The summed E-state index contributed by atoms with van der Waals surface area (Å²) in [6.45, 7) is -2.05. The number of halogens is 2. The molecule has 142 valence electrons. The first-order valence-electron chi connectivity index (χ1n) is 7.62. The summed E-state index contributed by atoms with van der Waals surface area (Å²) in [7, 11) is 16.6. The molecular weight excluding hydrogens is 393 g/mol. The molecule has 0 saturated heterocycles. The van der Waals surface area contributed by atoms with Gasteiger partial charge in [0, 0.05) is 0 Å². The highest BCUT2D eigenvalue weighted by Gasteiger charge is 2.46. The second kappa shape index (κ2) is 9.13. The highest BCUT2D eigenvalue weighted by molar-refractivity contribution is 7.86. The summed E-state index contributed by atoms with van der Waals surface area (Å²) in [5.74, 6) is -3.24. The Balaban J connectivity index is 3.68. The average Bonchev–Trinajstić information content (AvgIpc) is 2.62. The van der Waals surface area contributed by atoms with Gasteiger partial charge in [0.05, 0.1) is 42.5 Å². The lowest BCUT2D eigenvalue weighted by molar-refractivity contribution is -0.00970. The van der Waals surface area contributed by atoms with Gasteiger partial charge in [0.25, 0.3) is 0 Å². The van der Waals surface area contributed by atoms with Gasteiger partial charge < -0.3 is 9.84 Å². The van der Waals surface area contributed by atoms with Gasteiger partial charge in [-0.25, -0.2) is 9.59 Å². The van der Waals surface area contributed by atoms with Gasteiger partial charge in [-0.3, -0.25) is 4.55 Å². The third-order valence-corrected chi connectivity index (χ3v) is 4.80. The molecule has 0 aliphatic carbocycles. The quantitative estimate of drug-likeness (QED) is 0.329. The average molecular weight is 406 g/mol. The molecular formula is C14H12B4F2O7S. The van der Waals surface area contributed by atoms with Crippen molar-refractivity contribution in [2.45, 2.75) is 30.5 Å². The van der Waals surface area contributed by atoms with E-state index in [-0.39, 0.29) is 41.2 Å². The highest BCUT2D eigenvalue weighted by atomic mass is 32.2. The molecule has 1 aromatic carbocycles. The first-order valence-corrected chi connectivity index (χ1v) is 9.06. The molecule has 2 N–H and O–H groups in total. The van der Waals surface area contributed by atoms with Crippen LogP contribution in [0.5, 0.6) is 0 Å². The van der Waals surface area contributed by atoms with E-state index >= 15 is 0 Å². The summed E-state index contributed by atoms with van der Waals surface area (Å²) in [4.78, 5) is 24.1. The maximum Gasteiger partial charge on any atom is 0.402 e. The molecule has 28 heavy (non-hydrogen) atoms. The fraction of sp³-hybridized carbons (Fsp3) is 0.429. The Morgan fingerprint density at radius 2 is 1.29 bits per heavy atom. The Morgan fingerprint density at radius 1 is 0.893 bits per heavy atom. The number of alkyl halides is 2. The number of carboxylic acids is 1. The molecule has 0 spiro atoms. The van der Waals surface area contributed by atoms with Crippen LogP contribution in [0, 0.1) is 0 Å². The van der Waals surface area contributed by atoms with Gasteiger partial charge in [0.15, 0.2) is 6.61 Å². The number of ether oxygens (including phenoxy) is 1. The molecule has 8 radical (unpaired) electrons. The molecule has 0 amide bonds. The number of carbonyl (C=O) groups is 2. The lowest BCUT2D eigenvalue weighted by Crippen LogP contribution is -2.35. The van der Waals surface area contributed by atoms with Crippen molar-refractivity contribution in [3.8, 4) is 0 Å². The number of carboxylic acid groups (broad SMARTS) is 1. The summed E-state index contributed by atoms with van der Waals surface area (Å²) < 4.78 is 60.7. The molecule has 0 aromatic heterocycles. The van der Waals surface area contributed by atoms with Gasteiger partial charge >= 0.3 is 27.3 Å². The standard InChI is InChI=1S/C14H12B4F2O7S/c15-1-6-7(2-16)9(4-18)11(10(12(21)22)8(6)3-17)13(23)27-5-14(19,20)28(24,25)26/h1-5H2,(H,21,22)(H,24,25,26). The maximum absolute atomic E-state index is 13.3. The number of benzene rings is 1. The molecule has 1 aromatic rings. The molecule has 7 nitrogen and oxygen atoms in total. The van der Waals surface area contributed by atoms with Crippen LogP contribution in [-0.4, -0.2) is 73.3 Å². The van der Waals surface area contributed by atoms with Crippen LogP contribution >= 0.6 is 0 Å². The van der Waals surface area contributed by atoms with E-state index in [9.17, 15) is 31.9 Å². The van der Waals surface area contributed by atoms with Crippen LogP contribution in [0.1, 0.15) is 43.0 Å². The third kappa shape index (κ3) is 4.60. The molecule has 14 heteroatoms. The second-order valence-corrected chi connectivity index (χ2v) is 7.02. The number of esters is 1. The van der Waals surface area contributed by atoms with Crippen LogP contribution in [0.2, 0.25) is 0 Å². The molecule has 0 heterocycles. The Bertz CT molecular complexity index is 890. The monoisotopic (exact) mass is 406 g/mol. The van der Waals surface area contributed by atoms with E-state index in [2.05, 4.69) is 4.74 Å². The van der Waals surface area contributed by atoms with Crippen LogP contribution in [0.15, 0.2) is 0 Å². The smallest absolute Gasteiger partial charge is 0.402 e. The molecule has 0 bridgehead atoms. The van der Waals surface area contributed by atoms with Gasteiger partial charge in [-0.2, -0.15) is 17.2 Å². The number of aromatic carboxylic acids is 1. The van der Waals surface area contributed by atoms with E-state index in [1.807, 2.05) is 0 Å². The van der Waals surface area contributed by atoms with Crippen LogP contribution < -0.4 is 0 Å². The van der Waals surface area contributed by atoms with Crippen LogP contribution in [-0.2, 0) is 40.1 Å². The van der Waals surface area contributed by atoms with Gasteiger partial charge in [-0.1, -0.05) is 36.4 Å². The van der Waals surface area contributed by atoms with Gasteiger partial charge in [-0.15, -0.1) is 0 Å². The summed E-state index contributed by atoms with van der Waals surface area (Å²) in [6, 6.07) is 0. The Labute approximate surface area is 165 Å². The van der Waals surface area contributed by atoms with Crippen molar-refractivity contribution in [3.05, 3.63) is 33.4 Å². The highest BCUT2D eigenvalue weighted by Crippen LogP contribution is 2.31. The molecule has 0 atom stereocenters. The summed E-state index contributed by atoms with van der Waals surface area (Å²) >= 11 is 0. The van der Waals surface area contributed by atoms with Gasteiger partial charge in [0.2, 0.25) is 0 Å². The molecule has 1 rings (SSSR count). The zero-order valence-electron chi connectivity index (χ0n) is 14.4. The van der Waals surface area contributed by atoms with Crippen molar-refractivity contribution in [2.24, 2.45) is 0 Å². The Morgan fingerprint density at radius 3 is 1.61 bits per heavy atom. The third-order valence-electron chi connectivity index (χ3n) is 3.93. The minimum atomic E-state index is -5.87. The van der Waals surface area contributed by atoms with E-state index in [0.717, 1.165) is 0 Å². The predicted octanol–water partition coefficient (Wildman–Crippen LogP) is -0.304. The number of rotatable bonds is 9. The van der Waals surface area contributed by atoms with E-state index in [1.54, 1.807) is 0 Å². The largest absolute Gasteiger partial charge is 0.478 e. The fourth-order valence-electron chi connectivity index (χ4n) is 2.67. The minimum Gasteiger partial charge on any atom is -0.478 e. The summed E-state index contributed by atoms with van der Waals surface area (Å²) in [5, 5.41) is 4.72. The second-order valence-electron chi connectivity index (χ2n) is 5.47. The summed E-state index contributed by atoms with van der Waals surface area (Å²) in [5.41, 5.74) is -1.11. The number of hydrogen-bond acceptors (Lipinski definition) is 5. The van der Waals surface area contributed by atoms with Crippen molar-refractivity contribution in [1.82, 2.24) is 0 Å². The first-order chi connectivity index (χ1) is 12.9. The topological polar surface area (TPSA) is 118 Å². The maximum atomic E-state index is 13.3. The molecule has 0 saturated carbocycles. The zero-order chi connectivity index (χ0) is 21.9. The predicted molar refractivity (Wildman–Crippen MR) is 98.0 cm³/mol. The molecule has 0 unspecified atom stereocenters. The van der Waals surface area contributed by atoms with E-state index in [4.69, 9.17) is 35.9 Å². The van der Waals surface area contributed by atoms with Crippen molar-refractivity contribution in [2.75, 3.05) is 6.61 Å². The lowest BCUT2D eigenvalue weighted by atomic mass is 9.72. The number of hydrogen-bond donors (Lipinski definition) is 2. The van der Waals surface area contributed by atoms with Gasteiger partial charge in [0.1, 0.15) is 0 Å². The van der Waals surface area contributed by atoms with E-state index < -0.39 is 51.4 Å². The fourth-order valence-corrected chi connectivity index (χ4v) is 2.88. The van der Waals surface area contributed by atoms with Crippen LogP contribution in [0.25, 0.3) is 0 Å². The normalized spacial score (nSPS) is 12.0. The SMILES string of the molecule is [B]Cc1c(C[B])c(C[B])c(C(=O)OCC(F)(F)S(=O)(=O)O)c(C(=O)O)c1C[B]. The van der Waals surface area contributed by atoms with Crippen LogP contribution in [0.3, 0.4) is 0 Å². The van der Waals surface area contributed by atoms with Crippen molar-refractivity contribution in [3.63, 3.8) is 0 Å². The lowest BCUT2D eigenvalue weighted by Gasteiger charge is -2.23. The zero-order valence-corrected chi connectivity index (χ0v) is 15.3. The first kappa shape index (κ1) is 24.2. The van der Waals surface area contributed by atoms with E-state index in [0.29, 0.717) is 0 Å². The van der Waals surface area contributed by atoms with Crippen molar-refractivity contribution < 1.29 is 41.2 Å². The van der Waals surface area contributed by atoms with Gasteiger partial charge in [-0.05, 0) is 11.1 Å². The molecule has 0 aliphatic rings. The van der Waals surface area contributed by atoms with Crippen molar-refractivity contribution in [1.29, 1.82) is 0 Å². The minimum absolute atomic E-state index is 0.0684. The summed E-state index contributed by atoms with van der Waals surface area (Å²) in [6.07, 6.45) is -1.23.